The molecule has 7 nitrogen and oxygen atoms in total. The van der Waals surface area contributed by atoms with E-state index in [0.29, 0.717) is 5.82 Å². The average molecular weight is 292 g/mol. The second-order valence-corrected chi connectivity index (χ2v) is 3.78. The minimum atomic E-state index is -0.756. The minimum Gasteiger partial charge on any atom is -0.382 e. The lowest BCUT2D eigenvalue weighted by atomic mass is 10.3. The van der Waals surface area contributed by atoms with Gasteiger partial charge in [-0.2, -0.15) is 0 Å². The van der Waals surface area contributed by atoms with Crippen molar-refractivity contribution in [3.8, 4) is 0 Å². The number of aromatic nitrogens is 3. The van der Waals surface area contributed by atoms with Gasteiger partial charge in [-0.3, -0.25) is 4.79 Å². The molecule has 2 aromatic heterocycles. The molecular weight excluding hydrogens is 275 g/mol. The Balaban J connectivity index is 0.00000106. The van der Waals surface area contributed by atoms with E-state index in [9.17, 15) is 9.18 Å². The second kappa shape index (κ2) is 7.13. The van der Waals surface area contributed by atoms with Gasteiger partial charge in [0.05, 0.1) is 11.4 Å². The summed E-state index contributed by atoms with van der Waals surface area (Å²) in [7, 11) is 0. The van der Waals surface area contributed by atoms with Crippen LogP contribution in [0.4, 0.5) is 21.7 Å². The molecule has 0 aliphatic carbocycles. The molecule has 0 saturated heterocycles. The van der Waals surface area contributed by atoms with Crippen LogP contribution in [0, 0.1) is 12.7 Å². The number of nitrogen functional groups attached to an aromatic ring is 1. The van der Waals surface area contributed by atoms with Crippen molar-refractivity contribution in [3.05, 3.63) is 35.4 Å². The number of rotatable bonds is 3. The number of primary amides is 1. The summed E-state index contributed by atoms with van der Waals surface area (Å²) in [6.45, 7) is 5.52. The van der Waals surface area contributed by atoms with Crippen molar-refractivity contribution in [1.29, 1.82) is 0 Å². The van der Waals surface area contributed by atoms with E-state index in [2.05, 4.69) is 20.5 Å². The van der Waals surface area contributed by atoms with Crippen molar-refractivity contribution in [3.63, 3.8) is 0 Å². The summed E-state index contributed by atoms with van der Waals surface area (Å²) >= 11 is 0. The normalized spacial score (nSPS) is 9.52. The highest BCUT2D eigenvalue weighted by Crippen LogP contribution is 2.19. The van der Waals surface area contributed by atoms with Crippen molar-refractivity contribution in [2.45, 2.75) is 20.8 Å². The molecule has 0 spiro atoms. The molecule has 2 rings (SSSR count). The van der Waals surface area contributed by atoms with Crippen molar-refractivity contribution < 1.29 is 9.18 Å². The Morgan fingerprint density at radius 2 is 1.95 bits per heavy atom. The fraction of sp³-hybridized carbons (Fsp3) is 0.231. The number of hydrogen-bond donors (Lipinski definition) is 3. The number of hydrogen-bond acceptors (Lipinski definition) is 6. The molecule has 0 aliphatic heterocycles. The Labute approximate surface area is 121 Å². The smallest absolute Gasteiger partial charge is 0.271 e. The van der Waals surface area contributed by atoms with Crippen LogP contribution < -0.4 is 16.8 Å². The maximum Gasteiger partial charge on any atom is 0.271 e. The molecular formula is C13H17FN6O. The van der Waals surface area contributed by atoms with Crippen LogP contribution in [0.15, 0.2) is 18.2 Å². The van der Waals surface area contributed by atoms with Crippen LogP contribution in [0.1, 0.15) is 30.0 Å². The number of halogens is 1. The molecule has 0 atom stereocenters. The van der Waals surface area contributed by atoms with E-state index in [4.69, 9.17) is 11.5 Å². The van der Waals surface area contributed by atoms with Gasteiger partial charge in [0.25, 0.3) is 5.91 Å². The first-order valence-corrected chi connectivity index (χ1v) is 6.30. The topological polar surface area (TPSA) is 120 Å². The van der Waals surface area contributed by atoms with Gasteiger partial charge in [-0.05, 0) is 19.1 Å². The number of carbonyl (C=O) groups is 1. The molecule has 5 N–H and O–H groups in total. The Morgan fingerprint density at radius 1 is 1.29 bits per heavy atom. The SMILES string of the molecule is CC.Cc1nc(Nc2cc(N)nnc2C(N)=O)ccc1F. The van der Waals surface area contributed by atoms with Crippen LogP contribution in [0.2, 0.25) is 0 Å². The number of carbonyl (C=O) groups excluding carboxylic acids is 1. The number of nitrogens with two attached hydrogens (primary N) is 2. The quantitative estimate of drug-likeness (QED) is 0.793. The van der Waals surface area contributed by atoms with Crippen LogP contribution in [-0.2, 0) is 0 Å². The van der Waals surface area contributed by atoms with Gasteiger partial charge >= 0.3 is 0 Å². The van der Waals surface area contributed by atoms with Gasteiger partial charge in [0.2, 0.25) is 0 Å². The number of amides is 1. The third-order valence-corrected chi connectivity index (χ3v) is 2.33. The molecule has 1 amide bonds. The van der Waals surface area contributed by atoms with E-state index in [1.54, 1.807) is 0 Å². The predicted molar refractivity (Wildman–Crippen MR) is 78.5 cm³/mol. The van der Waals surface area contributed by atoms with Crippen molar-refractivity contribution >= 4 is 23.2 Å². The van der Waals surface area contributed by atoms with E-state index in [1.165, 1.54) is 25.1 Å². The molecule has 0 fully saturated rings. The Morgan fingerprint density at radius 3 is 2.52 bits per heavy atom. The maximum absolute atomic E-state index is 13.1. The first kappa shape index (κ1) is 16.3. The second-order valence-electron chi connectivity index (χ2n) is 3.78. The Bertz CT molecular complexity index is 647. The van der Waals surface area contributed by atoms with Gasteiger partial charge < -0.3 is 16.8 Å². The molecule has 2 heterocycles. The first-order chi connectivity index (χ1) is 9.97. The third kappa shape index (κ3) is 4.10. The van der Waals surface area contributed by atoms with Crippen molar-refractivity contribution in [2.24, 2.45) is 5.73 Å². The zero-order valence-corrected chi connectivity index (χ0v) is 12.0. The van der Waals surface area contributed by atoms with E-state index >= 15 is 0 Å². The van der Waals surface area contributed by atoms with Gasteiger partial charge in [-0.25, -0.2) is 9.37 Å². The van der Waals surface area contributed by atoms with Gasteiger partial charge in [-0.1, -0.05) is 13.8 Å². The summed E-state index contributed by atoms with van der Waals surface area (Å²) in [5, 5.41) is 9.94. The number of nitrogens with zero attached hydrogens (tertiary/aromatic N) is 3. The standard InChI is InChI=1S/C11H11FN6O.C2H6/c1-5-6(12)2-3-9(15-5)16-7-4-8(13)17-18-10(7)11(14)19;1-2/h2-4H,1H3,(H2,14,19)(H3,13,15,16,17);1-2H3. The summed E-state index contributed by atoms with van der Waals surface area (Å²) in [5.74, 6) is -0.720. The van der Waals surface area contributed by atoms with Crippen molar-refractivity contribution in [2.75, 3.05) is 11.1 Å². The molecule has 0 unspecified atom stereocenters. The summed E-state index contributed by atoms with van der Waals surface area (Å²) in [6.07, 6.45) is 0. The monoisotopic (exact) mass is 292 g/mol. The minimum absolute atomic E-state index is 0.0713. The summed E-state index contributed by atoms with van der Waals surface area (Å²) in [5.41, 5.74) is 11.1. The van der Waals surface area contributed by atoms with Crippen molar-refractivity contribution in [1.82, 2.24) is 15.2 Å². The highest BCUT2D eigenvalue weighted by molar-refractivity contribution is 5.97. The zero-order valence-electron chi connectivity index (χ0n) is 12.0. The zero-order chi connectivity index (χ0) is 16.0. The summed E-state index contributed by atoms with van der Waals surface area (Å²) in [6, 6.07) is 4.07. The Hall–Kier alpha value is -2.77. The summed E-state index contributed by atoms with van der Waals surface area (Å²) < 4.78 is 13.1. The number of pyridine rings is 1. The highest BCUT2D eigenvalue weighted by Gasteiger charge is 2.12. The van der Waals surface area contributed by atoms with E-state index in [0.717, 1.165) is 0 Å². The van der Waals surface area contributed by atoms with Gasteiger partial charge in [0.1, 0.15) is 17.5 Å². The van der Waals surface area contributed by atoms with Gasteiger partial charge in [0, 0.05) is 6.07 Å². The van der Waals surface area contributed by atoms with Crippen LogP contribution in [0.3, 0.4) is 0 Å². The molecule has 2 aromatic rings. The molecule has 0 saturated carbocycles. The van der Waals surface area contributed by atoms with Crippen LogP contribution in [-0.4, -0.2) is 21.1 Å². The van der Waals surface area contributed by atoms with Gasteiger partial charge in [0.15, 0.2) is 5.69 Å². The number of aryl methyl sites for hydroxylation is 1. The van der Waals surface area contributed by atoms with E-state index < -0.39 is 11.7 Å². The lowest BCUT2D eigenvalue weighted by molar-refractivity contribution is 0.0995. The molecule has 0 aliphatic rings. The van der Waals surface area contributed by atoms with Gasteiger partial charge in [-0.15, -0.1) is 10.2 Å². The summed E-state index contributed by atoms with van der Waals surface area (Å²) in [4.78, 5) is 15.2. The van der Waals surface area contributed by atoms with E-state index in [-0.39, 0.29) is 22.9 Å². The molecule has 112 valence electrons. The molecule has 8 heteroatoms. The number of nitrogens with one attached hydrogen (secondary N) is 1. The molecule has 0 radical (unpaired) electrons. The maximum atomic E-state index is 13.1. The number of anilines is 3. The first-order valence-electron chi connectivity index (χ1n) is 6.30. The predicted octanol–water partition coefficient (Wildman–Crippen LogP) is 1.77. The average Bonchev–Trinajstić information content (AvgIpc) is 2.45. The largest absolute Gasteiger partial charge is 0.382 e. The fourth-order valence-electron chi connectivity index (χ4n) is 1.44. The van der Waals surface area contributed by atoms with Crippen LogP contribution in [0.5, 0.6) is 0 Å². The molecule has 0 bridgehead atoms. The highest BCUT2D eigenvalue weighted by atomic mass is 19.1. The van der Waals surface area contributed by atoms with Crippen LogP contribution in [0.25, 0.3) is 0 Å². The Kier molecular flexibility index (Phi) is 5.53. The lowest BCUT2D eigenvalue weighted by Gasteiger charge is -2.09. The third-order valence-electron chi connectivity index (χ3n) is 2.33. The molecule has 0 aromatic carbocycles. The lowest BCUT2D eigenvalue weighted by Crippen LogP contribution is -2.17. The fourth-order valence-corrected chi connectivity index (χ4v) is 1.44. The van der Waals surface area contributed by atoms with Crippen LogP contribution >= 0.6 is 0 Å². The molecule has 21 heavy (non-hydrogen) atoms. The van der Waals surface area contributed by atoms with E-state index in [1.807, 2.05) is 13.8 Å².